The number of thioether (sulfide) groups is 1. The first-order chi connectivity index (χ1) is 11.2. The van der Waals surface area contributed by atoms with Crippen molar-refractivity contribution in [3.63, 3.8) is 0 Å². The minimum atomic E-state index is -0.374. The van der Waals surface area contributed by atoms with E-state index in [0.717, 1.165) is 11.3 Å². The molecule has 0 bridgehead atoms. The number of rotatable bonds is 10. The van der Waals surface area contributed by atoms with Crippen molar-refractivity contribution in [2.24, 2.45) is 17.6 Å². The Hall–Kier alpha value is -0.840. The van der Waals surface area contributed by atoms with Gasteiger partial charge in [-0.15, -0.1) is 0 Å². The molecule has 136 valence electrons. The molecule has 0 saturated heterocycles. The van der Waals surface area contributed by atoms with Gasteiger partial charge in [0, 0.05) is 11.2 Å². The molecule has 0 amide bonds. The van der Waals surface area contributed by atoms with Crippen LogP contribution in [0, 0.1) is 11.8 Å². The van der Waals surface area contributed by atoms with Gasteiger partial charge >= 0.3 is 0 Å². The van der Waals surface area contributed by atoms with Gasteiger partial charge in [-0.2, -0.15) is 11.8 Å². The van der Waals surface area contributed by atoms with Gasteiger partial charge in [-0.25, -0.2) is 0 Å². The highest BCUT2D eigenvalue weighted by atomic mass is 32.2. The number of carbonyl (C=O) groups is 1. The molecule has 24 heavy (non-hydrogen) atoms. The van der Waals surface area contributed by atoms with Crippen molar-refractivity contribution in [2.45, 2.75) is 58.4 Å². The fraction of sp³-hybridized carbons (Fsp3) is 0.650. The second-order valence-corrected chi connectivity index (χ2v) is 9.58. The number of Topliss-reactive ketones (excluding diaryl/α,β-unsaturated/α-hetero) is 1. The van der Waals surface area contributed by atoms with E-state index in [1.54, 1.807) is 0 Å². The van der Waals surface area contributed by atoms with Crippen LogP contribution in [0.25, 0.3) is 0 Å². The average Bonchev–Trinajstić information content (AvgIpc) is 2.51. The second kappa shape index (κ2) is 10.2. The van der Waals surface area contributed by atoms with E-state index in [1.807, 2.05) is 43.8 Å². The average molecular weight is 352 g/mol. The molecule has 0 radical (unpaired) electrons. The van der Waals surface area contributed by atoms with Crippen molar-refractivity contribution < 1.29 is 9.53 Å². The van der Waals surface area contributed by atoms with Crippen LogP contribution in [0.5, 0.6) is 0 Å². The summed E-state index contributed by atoms with van der Waals surface area (Å²) in [6, 6.07) is 9.75. The second-order valence-electron chi connectivity index (χ2n) is 7.73. The summed E-state index contributed by atoms with van der Waals surface area (Å²) >= 11 is 1.88. The zero-order valence-corrected chi connectivity index (χ0v) is 16.6. The van der Waals surface area contributed by atoms with Crippen molar-refractivity contribution in [1.29, 1.82) is 0 Å². The summed E-state index contributed by atoms with van der Waals surface area (Å²) in [4.78, 5) is 12.4. The quantitative estimate of drug-likeness (QED) is 0.683. The summed E-state index contributed by atoms with van der Waals surface area (Å²) in [6.45, 7) is 11.8. The van der Waals surface area contributed by atoms with Crippen molar-refractivity contribution in [2.75, 3.05) is 12.4 Å². The minimum absolute atomic E-state index is 0.146. The zero-order chi connectivity index (χ0) is 18.2. The molecule has 0 saturated carbocycles. The van der Waals surface area contributed by atoms with Crippen molar-refractivity contribution in [1.82, 2.24) is 0 Å². The molecule has 0 aliphatic carbocycles. The molecular weight excluding hydrogens is 318 g/mol. The molecule has 1 aromatic carbocycles. The smallest absolute Gasteiger partial charge is 0.150 e. The number of hydrogen-bond acceptors (Lipinski definition) is 4. The number of ketones is 1. The molecule has 0 unspecified atom stereocenters. The molecule has 3 nitrogen and oxygen atoms in total. The summed E-state index contributed by atoms with van der Waals surface area (Å²) in [6.07, 6.45) is 0.497. The standard InChI is InChI=1S/C20H33NO2S/c1-15(2)19(21)18(22)11-17(14-24-20(3,4)5)13-23-12-16-9-7-6-8-10-16/h6-10,15,17,19H,11-14,21H2,1-5H3/t17-,19+/m1/s1. The van der Waals surface area contributed by atoms with Gasteiger partial charge in [0.05, 0.1) is 19.3 Å². The lowest BCUT2D eigenvalue weighted by atomic mass is 9.94. The Bertz CT molecular complexity index is 482. The van der Waals surface area contributed by atoms with Crippen LogP contribution in [0.15, 0.2) is 30.3 Å². The zero-order valence-electron chi connectivity index (χ0n) is 15.7. The molecule has 1 rings (SSSR count). The van der Waals surface area contributed by atoms with E-state index >= 15 is 0 Å². The van der Waals surface area contributed by atoms with E-state index in [1.165, 1.54) is 0 Å². The molecule has 0 aliphatic rings. The maximum Gasteiger partial charge on any atom is 0.150 e. The van der Waals surface area contributed by atoms with Crippen LogP contribution in [0.4, 0.5) is 0 Å². The van der Waals surface area contributed by atoms with Crippen LogP contribution in [0.1, 0.15) is 46.6 Å². The van der Waals surface area contributed by atoms with Crippen LogP contribution in [-0.2, 0) is 16.1 Å². The van der Waals surface area contributed by atoms with Gasteiger partial charge in [0.25, 0.3) is 0 Å². The van der Waals surface area contributed by atoms with Crippen LogP contribution in [0.3, 0.4) is 0 Å². The molecule has 0 heterocycles. The highest BCUT2D eigenvalue weighted by Gasteiger charge is 2.23. The Labute approximate surface area is 151 Å². The summed E-state index contributed by atoms with van der Waals surface area (Å²) in [5.41, 5.74) is 7.17. The molecule has 2 atom stereocenters. The van der Waals surface area contributed by atoms with Gasteiger partial charge in [-0.3, -0.25) is 4.79 Å². The maximum absolute atomic E-state index is 12.4. The van der Waals surface area contributed by atoms with E-state index in [0.29, 0.717) is 19.6 Å². The molecular formula is C20H33NO2S. The Morgan fingerprint density at radius 1 is 1.21 bits per heavy atom. The molecule has 4 heteroatoms. The maximum atomic E-state index is 12.4. The van der Waals surface area contributed by atoms with Crippen molar-refractivity contribution in [3.05, 3.63) is 35.9 Å². The monoisotopic (exact) mass is 351 g/mol. The van der Waals surface area contributed by atoms with Crippen LogP contribution in [-0.4, -0.2) is 28.9 Å². The first-order valence-electron chi connectivity index (χ1n) is 8.73. The van der Waals surface area contributed by atoms with E-state index in [2.05, 4.69) is 32.9 Å². The Balaban J connectivity index is 2.55. The lowest BCUT2D eigenvalue weighted by Gasteiger charge is -2.24. The Kier molecular flexibility index (Phi) is 9.03. The van der Waals surface area contributed by atoms with Crippen molar-refractivity contribution >= 4 is 17.5 Å². The van der Waals surface area contributed by atoms with Crippen LogP contribution >= 0.6 is 11.8 Å². The number of benzene rings is 1. The van der Waals surface area contributed by atoms with Gasteiger partial charge in [0.15, 0.2) is 0 Å². The van der Waals surface area contributed by atoms with Crippen molar-refractivity contribution in [3.8, 4) is 0 Å². The van der Waals surface area contributed by atoms with Gasteiger partial charge < -0.3 is 10.5 Å². The molecule has 0 aliphatic heterocycles. The summed E-state index contributed by atoms with van der Waals surface area (Å²) in [5.74, 6) is 1.44. The number of carbonyl (C=O) groups excluding carboxylic acids is 1. The Morgan fingerprint density at radius 3 is 2.38 bits per heavy atom. The van der Waals surface area contributed by atoms with Gasteiger partial charge in [0.2, 0.25) is 0 Å². The minimum Gasteiger partial charge on any atom is -0.376 e. The fourth-order valence-electron chi connectivity index (χ4n) is 2.24. The summed E-state index contributed by atoms with van der Waals surface area (Å²) < 4.78 is 6.06. The lowest BCUT2D eigenvalue weighted by molar-refractivity contribution is -0.122. The summed E-state index contributed by atoms with van der Waals surface area (Å²) in [7, 11) is 0. The van der Waals surface area contributed by atoms with Gasteiger partial charge in [0.1, 0.15) is 5.78 Å². The van der Waals surface area contributed by atoms with Crippen LogP contribution in [0.2, 0.25) is 0 Å². The normalized spacial score (nSPS) is 14.6. The number of hydrogen-bond donors (Lipinski definition) is 1. The fourth-order valence-corrected chi connectivity index (χ4v) is 3.19. The molecule has 0 fully saturated rings. The lowest BCUT2D eigenvalue weighted by Crippen LogP contribution is -2.37. The highest BCUT2D eigenvalue weighted by molar-refractivity contribution is 8.00. The van der Waals surface area contributed by atoms with Crippen LogP contribution < -0.4 is 5.73 Å². The topological polar surface area (TPSA) is 52.3 Å². The molecule has 1 aromatic rings. The number of ether oxygens (including phenoxy) is 1. The predicted molar refractivity (Wildman–Crippen MR) is 104 cm³/mol. The van der Waals surface area contributed by atoms with Gasteiger partial charge in [-0.1, -0.05) is 65.0 Å². The predicted octanol–water partition coefficient (Wildman–Crippen LogP) is 4.29. The first kappa shape index (κ1) is 21.2. The van der Waals surface area contributed by atoms with E-state index in [-0.39, 0.29) is 28.4 Å². The molecule has 0 spiro atoms. The highest BCUT2D eigenvalue weighted by Crippen LogP contribution is 2.27. The third-order valence-electron chi connectivity index (χ3n) is 3.80. The SMILES string of the molecule is CC(C)[C@H](N)C(=O)C[C@H](COCc1ccccc1)CSC(C)(C)C. The van der Waals surface area contributed by atoms with Gasteiger partial charge in [-0.05, 0) is 23.2 Å². The summed E-state index contributed by atoms with van der Waals surface area (Å²) in [5, 5.41) is 0. The third kappa shape index (κ3) is 8.86. The molecule has 0 aromatic heterocycles. The number of nitrogens with two attached hydrogens (primary N) is 1. The molecule has 2 N–H and O–H groups in total. The van der Waals surface area contributed by atoms with E-state index in [4.69, 9.17) is 10.5 Å². The van der Waals surface area contributed by atoms with E-state index < -0.39 is 0 Å². The largest absolute Gasteiger partial charge is 0.376 e. The third-order valence-corrected chi connectivity index (χ3v) is 5.30. The van der Waals surface area contributed by atoms with E-state index in [9.17, 15) is 4.79 Å². The first-order valence-corrected chi connectivity index (χ1v) is 9.71. The Morgan fingerprint density at radius 2 is 1.83 bits per heavy atom.